The normalized spacial score (nSPS) is 19.8. The van der Waals surface area contributed by atoms with E-state index in [1.54, 1.807) is 30.5 Å². The van der Waals surface area contributed by atoms with Crippen LogP contribution in [0.3, 0.4) is 0 Å². The van der Waals surface area contributed by atoms with Gasteiger partial charge in [-0.1, -0.05) is 12.6 Å². The van der Waals surface area contributed by atoms with Crippen molar-refractivity contribution >= 4 is 47.1 Å². The molecule has 0 spiro atoms. The standard InChI is InChI=1S/C19H25F2N3O4S2/c1-12(2)24(19(26)29)27-11-14-10-23(18(25)28-14)13-8-15(20)17(16(21)9-13)22-4-3-6-30-7-5-22/h8-9,12,14H,3-7,10-11H2,1-2H3,(H,26,29)/t14-/m0/s1. The third-order valence-corrected chi connectivity index (χ3v) is 6.03. The highest BCUT2D eigenvalue weighted by atomic mass is 32.2. The molecule has 1 aromatic rings. The summed E-state index contributed by atoms with van der Waals surface area (Å²) < 4.78 is 34.8. The van der Waals surface area contributed by atoms with Crippen molar-refractivity contribution in [3.63, 3.8) is 0 Å². The molecule has 2 aliphatic rings. The second kappa shape index (κ2) is 10.1. The van der Waals surface area contributed by atoms with Gasteiger partial charge in [0, 0.05) is 31.0 Å². The Labute approximate surface area is 184 Å². The zero-order chi connectivity index (χ0) is 21.8. The summed E-state index contributed by atoms with van der Waals surface area (Å²) in [5.41, 5.74) is 0.0185. The molecule has 0 aliphatic carbocycles. The van der Waals surface area contributed by atoms with Crippen molar-refractivity contribution in [2.75, 3.05) is 47.5 Å². The molecule has 0 saturated carbocycles. The second-order valence-electron chi connectivity index (χ2n) is 7.33. The lowest BCUT2D eigenvalue weighted by Crippen LogP contribution is -2.36. The second-order valence-corrected chi connectivity index (χ2v) is 8.93. The van der Waals surface area contributed by atoms with E-state index >= 15 is 0 Å². The number of benzene rings is 1. The molecule has 0 aromatic heterocycles. The van der Waals surface area contributed by atoms with Crippen molar-refractivity contribution in [1.82, 2.24) is 5.06 Å². The number of amides is 2. The Morgan fingerprint density at radius 2 is 2.03 bits per heavy atom. The van der Waals surface area contributed by atoms with Crippen LogP contribution in [0.1, 0.15) is 20.3 Å². The summed E-state index contributed by atoms with van der Waals surface area (Å²) in [5.74, 6) is 0.351. The summed E-state index contributed by atoms with van der Waals surface area (Å²) in [4.78, 5) is 32.0. The van der Waals surface area contributed by atoms with Gasteiger partial charge in [0.05, 0.1) is 18.3 Å². The average molecular weight is 462 g/mol. The van der Waals surface area contributed by atoms with Crippen molar-refractivity contribution < 1.29 is 27.9 Å². The molecule has 11 heteroatoms. The van der Waals surface area contributed by atoms with Crippen LogP contribution in [-0.4, -0.2) is 66.3 Å². The molecule has 3 rings (SSSR count). The molecule has 30 heavy (non-hydrogen) atoms. The van der Waals surface area contributed by atoms with Crippen LogP contribution >= 0.6 is 24.4 Å². The van der Waals surface area contributed by atoms with E-state index in [1.165, 1.54) is 0 Å². The lowest BCUT2D eigenvalue weighted by atomic mass is 10.2. The quantitative estimate of drug-likeness (QED) is 0.512. The number of cyclic esters (lactones) is 1. The number of anilines is 2. The van der Waals surface area contributed by atoms with Gasteiger partial charge >= 0.3 is 11.3 Å². The fourth-order valence-electron chi connectivity index (χ4n) is 3.39. The van der Waals surface area contributed by atoms with Crippen molar-refractivity contribution in [2.24, 2.45) is 0 Å². The number of hydrogen-bond donors (Lipinski definition) is 1. The summed E-state index contributed by atoms with van der Waals surface area (Å²) in [6, 6.07) is 2.05. The zero-order valence-corrected chi connectivity index (χ0v) is 18.6. The van der Waals surface area contributed by atoms with Gasteiger partial charge in [0.25, 0.3) is 0 Å². The Morgan fingerprint density at radius 3 is 2.67 bits per heavy atom. The number of halogens is 2. The SMILES string of the molecule is CC(C)N(OC[C@@H]1CN(c2cc(F)c(N3CCCSCC3)c(F)c2)C(=O)O1)C(=O)S. The van der Waals surface area contributed by atoms with Crippen LogP contribution in [-0.2, 0) is 9.57 Å². The lowest BCUT2D eigenvalue weighted by Gasteiger charge is -2.25. The Balaban J connectivity index is 1.70. The highest BCUT2D eigenvalue weighted by molar-refractivity contribution is 7.99. The van der Waals surface area contributed by atoms with Crippen LogP contribution in [0.5, 0.6) is 0 Å². The molecule has 0 radical (unpaired) electrons. The number of carbonyl (C=O) groups excluding carboxylic acids is 2. The first-order chi connectivity index (χ1) is 14.3. The third kappa shape index (κ3) is 5.30. The van der Waals surface area contributed by atoms with Crippen LogP contribution in [0.15, 0.2) is 12.1 Å². The molecule has 2 amide bonds. The fourth-order valence-corrected chi connectivity index (χ4v) is 4.56. The van der Waals surface area contributed by atoms with Crippen molar-refractivity contribution in [2.45, 2.75) is 32.4 Å². The highest BCUT2D eigenvalue weighted by Gasteiger charge is 2.35. The van der Waals surface area contributed by atoms with Gasteiger partial charge in [-0.15, -0.1) is 0 Å². The maximum atomic E-state index is 14.8. The van der Waals surface area contributed by atoms with E-state index in [0.717, 1.165) is 40.0 Å². The molecular formula is C19H25F2N3O4S2. The molecule has 0 unspecified atom stereocenters. The molecule has 7 nitrogen and oxygen atoms in total. The number of ether oxygens (including phenoxy) is 1. The third-order valence-electron chi connectivity index (χ3n) is 4.78. The van der Waals surface area contributed by atoms with Gasteiger partial charge in [0.15, 0.2) is 11.6 Å². The fraction of sp³-hybridized carbons (Fsp3) is 0.579. The predicted molar refractivity (Wildman–Crippen MR) is 115 cm³/mol. The van der Waals surface area contributed by atoms with Gasteiger partial charge in [0.2, 0.25) is 0 Å². The Kier molecular flexibility index (Phi) is 7.70. The first-order valence-electron chi connectivity index (χ1n) is 9.73. The maximum absolute atomic E-state index is 14.8. The van der Waals surface area contributed by atoms with Gasteiger partial charge in [-0.25, -0.2) is 18.6 Å². The Hall–Kier alpha value is -1.72. The molecular weight excluding hydrogens is 436 g/mol. The summed E-state index contributed by atoms with van der Waals surface area (Å²) in [7, 11) is 0. The number of rotatable bonds is 6. The smallest absolute Gasteiger partial charge is 0.414 e. The van der Waals surface area contributed by atoms with Crippen LogP contribution in [0, 0.1) is 11.6 Å². The van der Waals surface area contributed by atoms with E-state index < -0.39 is 29.1 Å². The summed E-state index contributed by atoms with van der Waals surface area (Å²) in [6.45, 7) is 4.61. The number of thiol groups is 1. The van der Waals surface area contributed by atoms with Gasteiger partial charge < -0.3 is 9.64 Å². The summed E-state index contributed by atoms with van der Waals surface area (Å²) >= 11 is 5.50. The van der Waals surface area contributed by atoms with Gasteiger partial charge in [-0.3, -0.25) is 14.5 Å². The summed E-state index contributed by atoms with van der Waals surface area (Å²) in [5, 5.41) is 0.491. The molecule has 2 saturated heterocycles. The van der Waals surface area contributed by atoms with Gasteiger partial charge in [-0.05, 0) is 26.0 Å². The van der Waals surface area contributed by atoms with E-state index in [1.807, 2.05) is 0 Å². The number of carbonyl (C=O) groups is 2. The van der Waals surface area contributed by atoms with Crippen LogP contribution in [0.25, 0.3) is 0 Å². The largest absolute Gasteiger partial charge is 0.441 e. The van der Waals surface area contributed by atoms with E-state index in [4.69, 9.17) is 9.57 Å². The average Bonchev–Trinajstić information content (AvgIpc) is 2.86. The van der Waals surface area contributed by atoms with Crippen molar-refractivity contribution in [1.29, 1.82) is 0 Å². The zero-order valence-electron chi connectivity index (χ0n) is 16.8. The van der Waals surface area contributed by atoms with E-state index in [2.05, 4.69) is 12.6 Å². The molecule has 0 bridgehead atoms. The highest BCUT2D eigenvalue weighted by Crippen LogP contribution is 2.32. The van der Waals surface area contributed by atoms with E-state index in [9.17, 15) is 18.4 Å². The van der Waals surface area contributed by atoms with Crippen LogP contribution in [0.4, 0.5) is 29.7 Å². The number of hydroxylamine groups is 2. The van der Waals surface area contributed by atoms with Gasteiger partial charge in [-0.2, -0.15) is 11.8 Å². The minimum Gasteiger partial charge on any atom is -0.441 e. The molecule has 2 fully saturated rings. The summed E-state index contributed by atoms with van der Waals surface area (Å²) in [6.07, 6.45) is -0.567. The monoisotopic (exact) mass is 461 g/mol. The molecule has 2 aliphatic heterocycles. The Bertz CT molecular complexity index is 768. The minimum absolute atomic E-state index is 0.0457. The lowest BCUT2D eigenvalue weighted by molar-refractivity contribution is -0.146. The molecule has 1 atom stereocenters. The number of hydrogen-bond acceptors (Lipinski definition) is 6. The molecule has 166 valence electrons. The van der Waals surface area contributed by atoms with Gasteiger partial charge in [0.1, 0.15) is 18.4 Å². The predicted octanol–water partition coefficient (Wildman–Crippen LogP) is 3.93. The molecule has 1 aromatic carbocycles. The Morgan fingerprint density at radius 1 is 1.33 bits per heavy atom. The van der Waals surface area contributed by atoms with Crippen molar-refractivity contribution in [3.8, 4) is 0 Å². The minimum atomic E-state index is -0.727. The first-order valence-corrected chi connectivity index (χ1v) is 11.3. The van der Waals surface area contributed by atoms with Crippen LogP contribution in [0.2, 0.25) is 0 Å². The number of nitrogens with zero attached hydrogens (tertiary/aromatic N) is 3. The van der Waals surface area contributed by atoms with Crippen LogP contribution < -0.4 is 9.80 Å². The van der Waals surface area contributed by atoms with Crippen molar-refractivity contribution in [3.05, 3.63) is 23.8 Å². The number of thioether (sulfide) groups is 1. The first kappa shape index (κ1) is 23.0. The van der Waals surface area contributed by atoms with E-state index in [0.29, 0.717) is 13.1 Å². The molecule has 0 N–H and O–H groups in total. The van der Waals surface area contributed by atoms with E-state index in [-0.39, 0.29) is 30.6 Å². The maximum Gasteiger partial charge on any atom is 0.414 e. The molecule has 2 heterocycles. The topological polar surface area (TPSA) is 62.3 Å².